The Hall–Kier alpha value is -1.69. The van der Waals surface area contributed by atoms with Gasteiger partial charge in [-0.25, -0.2) is 0 Å². The molecule has 3 N–H and O–H groups in total. The lowest BCUT2D eigenvalue weighted by molar-refractivity contribution is -0.140. The second-order valence-electron chi connectivity index (χ2n) is 6.68. The van der Waals surface area contributed by atoms with Crippen LogP contribution in [0.4, 0.5) is 0 Å². The number of carbonyl (C=O) groups excluding carboxylic acids is 3. The van der Waals surface area contributed by atoms with Crippen LogP contribution in [-0.4, -0.2) is 53.2 Å². The molecule has 0 bridgehead atoms. The summed E-state index contributed by atoms with van der Waals surface area (Å²) in [6, 6.07) is 3.35. The van der Waals surface area contributed by atoms with Crippen LogP contribution in [-0.2, 0) is 25.6 Å². The van der Waals surface area contributed by atoms with Crippen LogP contribution in [0.15, 0.2) is 18.2 Å². The minimum absolute atomic E-state index is 0.00933. The summed E-state index contributed by atoms with van der Waals surface area (Å²) in [7, 11) is 1.51. The van der Waals surface area contributed by atoms with Gasteiger partial charge in [0.15, 0.2) is 5.78 Å². The summed E-state index contributed by atoms with van der Waals surface area (Å²) in [5.41, 5.74) is 0.679. The van der Waals surface area contributed by atoms with E-state index in [2.05, 4.69) is 49.2 Å². The van der Waals surface area contributed by atoms with Gasteiger partial charge < -0.3 is 20.5 Å². The molecule has 10 heteroatoms. The Kier molecular flexibility index (Phi) is 10.6. The highest BCUT2D eigenvalue weighted by Gasteiger charge is 2.29. The molecule has 1 aromatic carbocycles. The number of ether oxygens (including phenoxy) is 1. The summed E-state index contributed by atoms with van der Waals surface area (Å²) in [4.78, 5) is 48.1. The van der Waals surface area contributed by atoms with Gasteiger partial charge in [0.2, 0.25) is 11.8 Å². The molecule has 1 unspecified atom stereocenters. The smallest absolute Gasteiger partial charge is 0.305 e. The van der Waals surface area contributed by atoms with Crippen molar-refractivity contribution < 1.29 is 29.0 Å². The fourth-order valence-electron chi connectivity index (χ4n) is 2.59. The first-order chi connectivity index (χ1) is 13.6. The summed E-state index contributed by atoms with van der Waals surface area (Å²) in [5.74, 6) is -2.38. The summed E-state index contributed by atoms with van der Waals surface area (Å²) in [6.45, 7) is 3.49. The molecule has 8 nitrogen and oxygen atoms in total. The van der Waals surface area contributed by atoms with Crippen molar-refractivity contribution in [3.63, 3.8) is 0 Å². The minimum atomic E-state index is -1.21. The SMILES string of the molecule is COc1ccc(I)cc1CC(=O)N[C@H](C(=O)NC(CC(=O)O)C(=O)CBr)C(C)C. The Bertz CT molecular complexity index is 771. The fraction of sp³-hybridized carbons (Fsp3) is 0.474. The molecule has 0 aliphatic rings. The van der Waals surface area contributed by atoms with Crippen LogP contribution in [0.3, 0.4) is 0 Å². The molecule has 160 valence electrons. The number of benzene rings is 1. The van der Waals surface area contributed by atoms with E-state index in [1.165, 1.54) is 7.11 Å². The molecular formula is C19H24BrIN2O6. The van der Waals surface area contributed by atoms with Crippen LogP contribution < -0.4 is 15.4 Å². The van der Waals surface area contributed by atoms with Gasteiger partial charge in [0.1, 0.15) is 11.8 Å². The highest BCUT2D eigenvalue weighted by Crippen LogP contribution is 2.21. The minimum Gasteiger partial charge on any atom is -0.496 e. The van der Waals surface area contributed by atoms with E-state index in [9.17, 15) is 19.2 Å². The van der Waals surface area contributed by atoms with Crippen molar-refractivity contribution in [3.05, 3.63) is 27.3 Å². The first-order valence-electron chi connectivity index (χ1n) is 8.81. The van der Waals surface area contributed by atoms with Crippen LogP contribution in [0.5, 0.6) is 5.75 Å². The zero-order chi connectivity index (χ0) is 22.1. The molecule has 1 aromatic rings. The van der Waals surface area contributed by atoms with Gasteiger partial charge in [-0.2, -0.15) is 0 Å². The number of carbonyl (C=O) groups is 4. The lowest BCUT2D eigenvalue weighted by atomic mass is 10.0. The van der Waals surface area contributed by atoms with Gasteiger partial charge in [-0.1, -0.05) is 29.8 Å². The lowest BCUT2D eigenvalue weighted by Crippen LogP contribution is -2.54. The first-order valence-corrected chi connectivity index (χ1v) is 11.0. The van der Waals surface area contributed by atoms with Gasteiger partial charge in [-0.3, -0.25) is 19.2 Å². The van der Waals surface area contributed by atoms with Gasteiger partial charge >= 0.3 is 5.97 Å². The van der Waals surface area contributed by atoms with Gasteiger partial charge in [-0.15, -0.1) is 0 Å². The van der Waals surface area contributed by atoms with Crippen LogP contribution >= 0.6 is 38.5 Å². The van der Waals surface area contributed by atoms with Gasteiger partial charge in [0, 0.05) is 9.13 Å². The highest BCUT2D eigenvalue weighted by molar-refractivity contribution is 14.1. The van der Waals surface area contributed by atoms with E-state index in [1.807, 2.05) is 12.1 Å². The van der Waals surface area contributed by atoms with Gasteiger partial charge in [-0.05, 0) is 46.7 Å². The number of aliphatic carboxylic acids is 1. The standard InChI is InChI=1S/C19H24BrIN2O6/c1-10(2)18(19(28)22-13(8-17(26)27)14(24)9-20)23-16(25)7-11-6-12(21)4-5-15(11)29-3/h4-6,10,13,18H,7-9H2,1-3H3,(H,22,28)(H,23,25)(H,26,27)/t13?,18-/m0/s1. The highest BCUT2D eigenvalue weighted by atomic mass is 127. The number of amides is 2. The average Bonchev–Trinajstić information content (AvgIpc) is 2.64. The molecule has 0 aliphatic heterocycles. The number of ketones is 1. The van der Waals surface area contributed by atoms with Crippen molar-refractivity contribution in [2.75, 3.05) is 12.4 Å². The number of rotatable bonds is 11. The van der Waals surface area contributed by atoms with Crippen LogP contribution in [0, 0.1) is 9.49 Å². The molecule has 0 aromatic heterocycles. The molecule has 0 radical (unpaired) electrons. The number of carboxylic acids is 1. The van der Waals surface area contributed by atoms with Crippen LogP contribution in [0.2, 0.25) is 0 Å². The van der Waals surface area contributed by atoms with E-state index in [-0.39, 0.29) is 23.6 Å². The van der Waals surface area contributed by atoms with Crippen molar-refractivity contribution in [1.29, 1.82) is 0 Å². The monoisotopic (exact) mass is 582 g/mol. The fourth-order valence-corrected chi connectivity index (χ4v) is 3.54. The third kappa shape index (κ3) is 8.29. The topological polar surface area (TPSA) is 122 Å². The number of hydrogen-bond acceptors (Lipinski definition) is 5. The molecule has 0 aliphatic carbocycles. The molecule has 1 rings (SSSR count). The Morgan fingerprint density at radius 1 is 1.21 bits per heavy atom. The maximum Gasteiger partial charge on any atom is 0.305 e. The zero-order valence-electron chi connectivity index (χ0n) is 16.3. The number of alkyl halides is 1. The predicted molar refractivity (Wildman–Crippen MR) is 119 cm³/mol. The second kappa shape index (κ2) is 12.1. The van der Waals surface area contributed by atoms with E-state index in [1.54, 1.807) is 19.9 Å². The summed E-state index contributed by atoms with van der Waals surface area (Å²) < 4.78 is 6.21. The second-order valence-corrected chi connectivity index (χ2v) is 8.49. The normalized spacial score (nSPS) is 12.8. The Balaban J connectivity index is 2.90. The van der Waals surface area contributed by atoms with E-state index >= 15 is 0 Å². The summed E-state index contributed by atoms with van der Waals surface area (Å²) in [5, 5.41) is 14.0. The van der Waals surface area contributed by atoms with E-state index in [0.717, 1.165) is 3.57 Å². The largest absolute Gasteiger partial charge is 0.496 e. The molecule has 0 heterocycles. The van der Waals surface area contributed by atoms with Gasteiger partial charge in [0.05, 0.1) is 31.3 Å². The Morgan fingerprint density at radius 2 is 1.86 bits per heavy atom. The third-order valence-electron chi connectivity index (χ3n) is 4.07. The van der Waals surface area contributed by atoms with Crippen molar-refractivity contribution in [1.82, 2.24) is 10.6 Å². The third-order valence-corrected chi connectivity index (χ3v) is 5.30. The lowest BCUT2D eigenvalue weighted by Gasteiger charge is -2.24. The number of halogens is 2. The van der Waals surface area contributed by atoms with Crippen LogP contribution in [0.1, 0.15) is 25.8 Å². The van der Waals surface area contributed by atoms with Crippen molar-refractivity contribution >= 4 is 62.1 Å². The number of carboxylic acid groups (broad SMARTS) is 1. The van der Waals surface area contributed by atoms with Crippen molar-refractivity contribution in [2.24, 2.45) is 5.92 Å². The zero-order valence-corrected chi connectivity index (χ0v) is 20.1. The Labute approximate surface area is 191 Å². The maximum atomic E-state index is 12.6. The maximum absolute atomic E-state index is 12.6. The molecule has 0 spiro atoms. The molecule has 0 fully saturated rings. The molecular weight excluding hydrogens is 559 g/mol. The predicted octanol–water partition coefficient (Wildman–Crippen LogP) is 1.91. The molecule has 0 saturated carbocycles. The summed E-state index contributed by atoms with van der Waals surface area (Å²) >= 11 is 5.11. The summed E-state index contributed by atoms with van der Waals surface area (Å²) in [6.07, 6.45) is -0.524. The van der Waals surface area contributed by atoms with Crippen molar-refractivity contribution in [3.8, 4) is 5.75 Å². The Morgan fingerprint density at radius 3 is 2.38 bits per heavy atom. The average molecular weight is 583 g/mol. The van der Waals surface area contributed by atoms with E-state index in [4.69, 9.17) is 9.84 Å². The number of Topliss-reactive ketones (excluding diaryl/α,β-unsaturated/α-hetero) is 1. The number of methoxy groups -OCH3 is 1. The van der Waals surface area contributed by atoms with Crippen molar-refractivity contribution in [2.45, 2.75) is 38.8 Å². The van der Waals surface area contributed by atoms with Crippen LogP contribution in [0.25, 0.3) is 0 Å². The van der Waals surface area contributed by atoms with E-state index < -0.39 is 36.2 Å². The van der Waals surface area contributed by atoms with E-state index in [0.29, 0.717) is 11.3 Å². The molecule has 0 saturated heterocycles. The number of hydrogen-bond donors (Lipinski definition) is 3. The first kappa shape index (κ1) is 25.3. The number of nitrogens with one attached hydrogen (secondary N) is 2. The quantitative estimate of drug-likeness (QED) is 0.271. The molecule has 2 atom stereocenters. The molecule has 29 heavy (non-hydrogen) atoms. The van der Waals surface area contributed by atoms with Gasteiger partial charge in [0.25, 0.3) is 0 Å². The molecule has 2 amide bonds.